The first-order valence-corrected chi connectivity index (χ1v) is 5.14. The monoisotopic (exact) mass is 241 g/mol. The van der Waals surface area contributed by atoms with E-state index in [0.717, 1.165) is 16.6 Å². The predicted molar refractivity (Wildman–Crippen MR) is 58.4 cm³/mol. The number of nitrogens with zero attached hydrogens (tertiary/aromatic N) is 1. The Kier molecular flexibility index (Phi) is 3.96. The van der Waals surface area contributed by atoms with Gasteiger partial charge in [-0.25, -0.2) is 4.98 Å². The van der Waals surface area contributed by atoms with Gasteiger partial charge in [0.1, 0.15) is 0 Å². The van der Waals surface area contributed by atoms with Crippen molar-refractivity contribution in [2.45, 2.75) is 6.92 Å². The van der Waals surface area contributed by atoms with Gasteiger partial charge in [-0.05, 0) is 18.6 Å². The van der Waals surface area contributed by atoms with Crippen molar-refractivity contribution in [3.05, 3.63) is 29.5 Å². The molecule has 0 amide bonds. The number of ether oxygens (including phenoxy) is 1. The molecule has 0 saturated carbocycles. The van der Waals surface area contributed by atoms with Crippen molar-refractivity contribution in [3.63, 3.8) is 0 Å². The Morgan fingerprint density at radius 3 is 2.85 bits per heavy atom. The third-order valence-corrected chi connectivity index (χ3v) is 2.07. The molecule has 0 aromatic carbocycles. The average Bonchev–Trinajstić information content (AvgIpc) is 2.16. The Morgan fingerprint density at radius 1 is 1.54 bits per heavy atom. The van der Waals surface area contributed by atoms with Gasteiger partial charge >= 0.3 is 0 Å². The van der Waals surface area contributed by atoms with E-state index in [-0.39, 0.29) is 0 Å². The molecule has 0 fully saturated rings. The fourth-order valence-electron chi connectivity index (χ4n) is 1.01. The van der Waals surface area contributed by atoms with Crippen molar-refractivity contribution in [3.8, 4) is 5.88 Å². The van der Waals surface area contributed by atoms with Crippen LogP contribution in [0, 0.1) is 6.92 Å². The number of hydrogen-bond acceptors (Lipinski definition) is 2. The molecule has 0 bridgehead atoms. The molecule has 1 aromatic heterocycles. The number of aromatic nitrogens is 1. The van der Waals surface area contributed by atoms with Crippen molar-refractivity contribution in [1.82, 2.24) is 4.98 Å². The van der Waals surface area contributed by atoms with Crippen molar-refractivity contribution in [2.75, 3.05) is 12.4 Å². The standard InChI is InChI=1S/C10H12BrNO/c1-8-9(4-3-7-11)5-6-10(12-8)13-2/h3-6H,7H2,1-2H3. The van der Waals surface area contributed by atoms with Gasteiger partial charge in [0, 0.05) is 17.1 Å². The van der Waals surface area contributed by atoms with Gasteiger partial charge in [-0.2, -0.15) is 0 Å². The summed E-state index contributed by atoms with van der Waals surface area (Å²) in [5.74, 6) is 0.661. The van der Waals surface area contributed by atoms with E-state index in [1.54, 1.807) is 7.11 Å². The Hall–Kier alpha value is -0.830. The number of aryl methyl sites for hydroxylation is 1. The maximum Gasteiger partial charge on any atom is 0.213 e. The topological polar surface area (TPSA) is 22.1 Å². The molecule has 0 unspecified atom stereocenters. The normalized spacial score (nSPS) is 10.7. The molecular weight excluding hydrogens is 230 g/mol. The van der Waals surface area contributed by atoms with Gasteiger partial charge in [-0.3, -0.25) is 0 Å². The molecular formula is C10H12BrNO. The van der Waals surface area contributed by atoms with Crippen LogP contribution in [0.2, 0.25) is 0 Å². The Labute approximate surface area is 86.8 Å². The van der Waals surface area contributed by atoms with Gasteiger partial charge in [-0.1, -0.05) is 28.1 Å². The Balaban J connectivity index is 2.91. The lowest BCUT2D eigenvalue weighted by Crippen LogP contribution is -1.91. The maximum atomic E-state index is 5.01. The first kappa shape index (κ1) is 10.3. The summed E-state index contributed by atoms with van der Waals surface area (Å²) in [5, 5.41) is 0.860. The van der Waals surface area contributed by atoms with Crippen LogP contribution < -0.4 is 4.74 Å². The lowest BCUT2D eigenvalue weighted by molar-refractivity contribution is 0.397. The van der Waals surface area contributed by atoms with E-state index in [1.807, 2.05) is 31.2 Å². The molecule has 0 radical (unpaired) electrons. The van der Waals surface area contributed by atoms with Crippen molar-refractivity contribution in [2.24, 2.45) is 0 Å². The first-order chi connectivity index (χ1) is 6.27. The minimum absolute atomic E-state index is 0.661. The van der Waals surface area contributed by atoms with Gasteiger partial charge in [0.2, 0.25) is 5.88 Å². The lowest BCUT2D eigenvalue weighted by atomic mass is 10.2. The molecule has 0 spiro atoms. The quantitative estimate of drug-likeness (QED) is 0.760. The second kappa shape index (κ2) is 5.02. The molecule has 1 aromatic rings. The van der Waals surface area contributed by atoms with Crippen LogP contribution >= 0.6 is 15.9 Å². The molecule has 1 rings (SSSR count). The van der Waals surface area contributed by atoms with Gasteiger partial charge < -0.3 is 4.74 Å². The number of halogens is 1. The second-order valence-corrected chi connectivity index (χ2v) is 3.23. The van der Waals surface area contributed by atoms with Crippen LogP contribution in [0.15, 0.2) is 18.2 Å². The molecule has 13 heavy (non-hydrogen) atoms. The minimum Gasteiger partial charge on any atom is -0.481 e. The van der Waals surface area contributed by atoms with Crippen LogP contribution in [0.5, 0.6) is 5.88 Å². The van der Waals surface area contributed by atoms with Gasteiger partial charge in [-0.15, -0.1) is 0 Å². The minimum atomic E-state index is 0.661. The smallest absolute Gasteiger partial charge is 0.213 e. The number of hydrogen-bond donors (Lipinski definition) is 0. The summed E-state index contributed by atoms with van der Waals surface area (Å²) in [7, 11) is 1.62. The molecule has 1 heterocycles. The summed E-state index contributed by atoms with van der Waals surface area (Å²) in [6, 6.07) is 3.86. The molecule has 3 heteroatoms. The highest BCUT2D eigenvalue weighted by atomic mass is 79.9. The van der Waals surface area contributed by atoms with Crippen LogP contribution in [0.3, 0.4) is 0 Å². The average molecular weight is 242 g/mol. The van der Waals surface area contributed by atoms with E-state index >= 15 is 0 Å². The zero-order valence-corrected chi connectivity index (χ0v) is 9.34. The van der Waals surface area contributed by atoms with Crippen LogP contribution in [-0.4, -0.2) is 17.4 Å². The molecule has 0 aliphatic rings. The molecule has 0 saturated heterocycles. The summed E-state index contributed by atoms with van der Waals surface area (Å²) in [4.78, 5) is 4.26. The fourth-order valence-corrected chi connectivity index (χ4v) is 1.20. The Morgan fingerprint density at radius 2 is 2.31 bits per heavy atom. The van der Waals surface area contributed by atoms with E-state index in [0.29, 0.717) is 5.88 Å². The Bertz CT molecular complexity index is 310. The molecule has 0 aliphatic carbocycles. The zero-order valence-electron chi connectivity index (χ0n) is 7.75. The predicted octanol–water partition coefficient (Wildman–Crippen LogP) is 2.81. The maximum absolute atomic E-state index is 5.01. The van der Waals surface area contributed by atoms with Crippen molar-refractivity contribution < 1.29 is 4.74 Å². The third kappa shape index (κ3) is 2.84. The molecule has 0 aliphatic heterocycles. The number of allylic oxidation sites excluding steroid dienone is 1. The first-order valence-electron chi connectivity index (χ1n) is 4.02. The third-order valence-electron chi connectivity index (χ3n) is 1.70. The van der Waals surface area contributed by atoms with E-state index in [9.17, 15) is 0 Å². The highest BCUT2D eigenvalue weighted by molar-refractivity contribution is 9.09. The van der Waals surface area contributed by atoms with Gasteiger partial charge in [0.25, 0.3) is 0 Å². The molecule has 70 valence electrons. The number of pyridine rings is 1. The summed E-state index contributed by atoms with van der Waals surface area (Å²) in [5.41, 5.74) is 2.11. The largest absolute Gasteiger partial charge is 0.481 e. The molecule has 2 nitrogen and oxygen atoms in total. The van der Waals surface area contributed by atoms with Crippen molar-refractivity contribution >= 4 is 22.0 Å². The van der Waals surface area contributed by atoms with Crippen LogP contribution in [-0.2, 0) is 0 Å². The highest BCUT2D eigenvalue weighted by Gasteiger charge is 1.97. The summed E-state index contributed by atoms with van der Waals surface area (Å²) in [6.45, 7) is 1.97. The fraction of sp³-hybridized carbons (Fsp3) is 0.300. The number of rotatable bonds is 3. The number of alkyl halides is 1. The molecule has 0 N–H and O–H groups in total. The van der Waals surface area contributed by atoms with Gasteiger partial charge in [0.15, 0.2) is 0 Å². The van der Waals surface area contributed by atoms with E-state index < -0.39 is 0 Å². The van der Waals surface area contributed by atoms with E-state index in [1.165, 1.54) is 0 Å². The molecule has 0 atom stereocenters. The van der Waals surface area contributed by atoms with E-state index in [4.69, 9.17) is 4.74 Å². The zero-order chi connectivity index (χ0) is 9.68. The van der Waals surface area contributed by atoms with Crippen LogP contribution in [0.4, 0.5) is 0 Å². The van der Waals surface area contributed by atoms with Crippen LogP contribution in [0.25, 0.3) is 6.08 Å². The number of methoxy groups -OCH3 is 1. The SMILES string of the molecule is COc1ccc(C=CCBr)c(C)n1. The van der Waals surface area contributed by atoms with E-state index in [2.05, 4.69) is 20.9 Å². The second-order valence-electron chi connectivity index (χ2n) is 2.58. The summed E-state index contributed by atoms with van der Waals surface area (Å²) >= 11 is 3.33. The van der Waals surface area contributed by atoms with Crippen molar-refractivity contribution in [1.29, 1.82) is 0 Å². The summed E-state index contributed by atoms with van der Waals surface area (Å²) in [6.07, 6.45) is 4.08. The lowest BCUT2D eigenvalue weighted by Gasteiger charge is -2.02. The highest BCUT2D eigenvalue weighted by Crippen LogP contribution is 2.13. The summed E-state index contributed by atoms with van der Waals surface area (Å²) < 4.78 is 5.01. The van der Waals surface area contributed by atoms with Gasteiger partial charge in [0.05, 0.1) is 7.11 Å². The van der Waals surface area contributed by atoms with Crippen LogP contribution in [0.1, 0.15) is 11.3 Å².